The van der Waals surface area contributed by atoms with E-state index in [0.29, 0.717) is 0 Å². The zero-order valence-corrected chi connectivity index (χ0v) is 8.03. The van der Waals surface area contributed by atoms with E-state index in [2.05, 4.69) is 14.1 Å². The Morgan fingerprint density at radius 2 is 1.11 bits per heavy atom. The first kappa shape index (κ1) is 12.0. The summed E-state index contributed by atoms with van der Waals surface area (Å²) in [5, 5.41) is 1.59. The number of hydrogen-bond acceptors (Lipinski definition) is 3. The van der Waals surface area contributed by atoms with Gasteiger partial charge in [0.1, 0.15) is 0 Å². The minimum atomic E-state index is 1.59. The molecule has 0 aromatic rings. The molecule has 0 saturated heterocycles. The van der Waals surface area contributed by atoms with Crippen LogP contribution in [-0.4, -0.2) is 45.2 Å². The van der Waals surface area contributed by atoms with E-state index < -0.39 is 0 Å². The third kappa shape index (κ3) is 62.0. The van der Waals surface area contributed by atoms with Crippen molar-refractivity contribution in [2.45, 2.75) is 0 Å². The Balaban J connectivity index is 0. The Morgan fingerprint density at radius 3 is 1.11 bits per heavy atom. The highest BCUT2D eigenvalue weighted by atomic mass is 31.0. The van der Waals surface area contributed by atoms with E-state index >= 15 is 0 Å². The molecule has 0 aromatic carbocycles. The first-order valence-corrected chi connectivity index (χ1v) is 3.13. The second-order valence-corrected chi connectivity index (χ2v) is 2.47. The van der Waals surface area contributed by atoms with Gasteiger partial charge in [-0.1, -0.05) is 0 Å². The van der Waals surface area contributed by atoms with Gasteiger partial charge in [0, 0.05) is 23.6 Å². The van der Waals surface area contributed by atoms with Crippen LogP contribution in [0, 0.1) is 0 Å². The third-order valence-corrected chi connectivity index (χ3v) is 0.632. The molecule has 0 heterocycles. The maximum Gasteiger partial charge on any atom is 0.0260 e. The molecule has 0 aliphatic rings. The SMILES string of the molecule is CN(C)C.CN(C)OP. The Bertz CT molecular complexity index is 47.5. The molecule has 0 bridgehead atoms. The standard InChI is InChI=1S/C3H9N.C2H8NOP/c1-4(2)3;1-3(2)4-5/h1-3H3;5H2,1-2H3. The highest BCUT2D eigenvalue weighted by molar-refractivity contribution is 7.09. The molecule has 3 nitrogen and oxygen atoms in total. The van der Waals surface area contributed by atoms with Crippen LogP contribution in [0.5, 0.6) is 0 Å². The summed E-state index contributed by atoms with van der Waals surface area (Å²) in [6, 6.07) is 0. The van der Waals surface area contributed by atoms with E-state index in [0.717, 1.165) is 0 Å². The Hall–Kier alpha value is 0.310. The first-order valence-electron chi connectivity index (χ1n) is 2.65. The molecule has 58 valence electrons. The number of rotatable bonds is 1. The number of hydroxylamine groups is 2. The molecular formula is C5H17N2OP. The zero-order valence-electron chi connectivity index (χ0n) is 6.88. The lowest BCUT2D eigenvalue weighted by Gasteiger charge is -2.00. The van der Waals surface area contributed by atoms with E-state index in [4.69, 9.17) is 0 Å². The van der Waals surface area contributed by atoms with Crippen LogP contribution < -0.4 is 0 Å². The molecule has 0 rings (SSSR count). The van der Waals surface area contributed by atoms with Crippen molar-refractivity contribution in [1.82, 2.24) is 9.96 Å². The van der Waals surface area contributed by atoms with Crippen molar-refractivity contribution in [3.63, 3.8) is 0 Å². The van der Waals surface area contributed by atoms with Crippen molar-refractivity contribution in [2.75, 3.05) is 35.2 Å². The predicted octanol–water partition coefficient (Wildman–Crippen LogP) is 0.447. The van der Waals surface area contributed by atoms with Crippen LogP contribution in [0.15, 0.2) is 0 Å². The molecule has 0 aliphatic carbocycles. The largest absolute Gasteiger partial charge is 0.312 e. The van der Waals surface area contributed by atoms with Gasteiger partial charge in [0.2, 0.25) is 0 Å². The molecule has 0 aliphatic heterocycles. The predicted molar refractivity (Wildman–Crippen MR) is 44.1 cm³/mol. The lowest BCUT2D eigenvalue weighted by Crippen LogP contribution is -2.03. The van der Waals surface area contributed by atoms with E-state index in [9.17, 15) is 0 Å². The fourth-order valence-electron chi connectivity index (χ4n) is 0. The van der Waals surface area contributed by atoms with Crippen LogP contribution in [-0.2, 0) is 4.62 Å². The molecule has 4 heteroatoms. The van der Waals surface area contributed by atoms with Gasteiger partial charge in [-0.2, -0.15) is 5.06 Å². The zero-order chi connectivity index (χ0) is 7.86. The summed E-state index contributed by atoms with van der Waals surface area (Å²) in [5.74, 6) is 0. The molecule has 1 atom stereocenters. The van der Waals surface area contributed by atoms with Gasteiger partial charge < -0.3 is 4.90 Å². The van der Waals surface area contributed by atoms with Gasteiger partial charge in [0.25, 0.3) is 0 Å². The van der Waals surface area contributed by atoms with Crippen molar-refractivity contribution in [2.24, 2.45) is 0 Å². The van der Waals surface area contributed by atoms with Crippen molar-refractivity contribution >= 4 is 9.47 Å². The molecule has 1 unspecified atom stereocenters. The highest BCUT2D eigenvalue weighted by Crippen LogP contribution is 1.83. The fourth-order valence-corrected chi connectivity index (χ4v) is 0. The van der Waals surface area contributed by atoms with Gasteiger partial charge in [-0.3, -0.25) is 4.62 Å². The number of nitrogens with zero attached hydrogens (tertiary/aromatic N) is 2. The average Bonchev–Trinajstić information content (AvgIpc) is 1.65. The normalized spacial score (nSPS) is 9.33. The van der Waals surface area contributed by atoms with Crippen molar-refractivity contribution in [3.8, 4) is 0 Å². The van der Waals surface area contributed by atoms with Crippen molar-refractivity contribution in [3.05, 3.63) is 0 Å². The Kier molecular flexibility index (Phi) is 11.1. The summed E-state index contributed by atoms with van der Waals surface area (Å²) in [4.78, 5) is 2.00. The molecule has 9 heavy (non-hydrogen) atoms. The van der Waals surface area contributed by atoms with Gasteiger partial charge in [0.15, 0.2) is 0 Å². The smallest absolute Gasteiger partial charge is 0.0260 e. The van der Waals surface area contributed by atoms with E-state index in [1.165, 1.54) is 0 Å². The molecule has 0 aromatic heterocycles. The molecule has 0 amide bonds. The minimum absolute atomic E-state index is 1.59. The average molecular weight is 152 g/mol. The van der Waals surface area contributed by atoms with Crippen LogP contribution in [0.2, 0.25) is 0 Å². The van der Waals surface area contributed by atoms with E-state index in [-0.39, 0.29) is 0 Å². The van der Waals surface area contributed by atoms with Crippen molar-refractivity contribution < 1.29 is 4.62 Å². The van der Waals surface area contributed by atoms with Crippen LogP contribution in [0.3, 0.4) is 0 Å². The molecule has 0 saturated carbocycles. The molecular weight excluding hydrogens is 135 g/mol. The molecule has 0 N–H and O–H groups in total. The second kappa shape index (κ2) is 8.31. The summed E-state index contributed by atoms with van der Waals surface area (Å²) < 4.78 is 4.50. The van der Waals surface area contributed by atoms with E-state index in [1.54, 1.807) is 5.06 Å². The third-order valence-electron chi connectivity index (χ3n) is 0.211. The fraction of sp³-hybridized carbons (Fsp3) is 1.00. The van der Waals surface area contributed by atoms with Crippen LogP contribution in [0.25, 0.3) is 0 Å². The lowest BCUT2D eigenvalue weighted by molar-refractivity contribution is 0.0209. The Labute approximate surface area is 60.2 Å². The highest BCUT2D eigenvalue weighted by Gasteiger charge is 1.71. The minimum Gasteiger partial charge on any atom is -0.312 e. The summed E-state index contributed by atoms with van der Waals surface area (Å²) in [6.45, 7) is 0. The van der Waals surface area contributed by atoms with Gasteiger partial charge >= 0.3 is 0 Å². The maximum atomic E-state index is 4.50. The Morgan fingerprint density at radius 1 is 1.00 bits per heavy atom. The maximum absolute atomic E-state index is 4.50. The summed E-state index contributed by atoms with van der Waals surface area (Å²) in [7, 11) is 11.7. The molecule has 0 radical (unpaired) electrons. The van der Waals surface area contributed by atoms with Gasteiger partial charge in [0.05, 0.1) is 0 Å². The van der Waals surface area contributed by atoms with E-state index in [1.807, 2.05) is 40.1 Å². The summed E-state index contributed by atoms with van der Waals surface area (Å²) in [5.41, 5.74) is 0. The van der Waals surface area contributed by atoms with Crippen LogP contribution in [0.1, 0.15) is 0 Å². The lowest BCUT2D eigenvalue weighted by atomic mass is 11.0. The quantitative estimate of drug-likeness (QED) is 0.400. The van der Waals surface area contributed by atoms with Crippen LogP contribution >= 0.6 is 9.47 Å². The van der Waals surface area contributed by atoms with Crippen LogP contribution in [0.4, 0.5) is 0 Å². The van der Waals surface area contributed by atoms with Gasteiger partial charge in [-0.25, -0.2) is 0 Å². The van der Waals surface area contributed by atoms with Gasteiger partial charge in [-0.15, -0.1) is 0 Å². The summed E-state index contributed by atoms with van der Waals surface area (Å²) in [6.07, 6.45) is 0. The monoisotopic (exact) mass is 152 g/mol. The topological polar surface area (TPSA) is 15.7 Å². The van der Waals surface area contributed by atoms with Gasteiger partial charge in [-0.05, 0) is 21.1 Å². The first-order chi connectivity index (χ1) is 4.00. The number of hydrogen-bond donors (Lipinski definition) is 0. The van der Waals surface area contributed by atoms with Crippen molar-refractivity contribution in [1.29, 1.82) is 0 Å². The molecule has 0 spiro atoms. The summed E-state index contributed by atoms with van der Waals surface area (Å²) >= 11 is 0. The molecule has 0 fully saturated rings. The second-order valence-electron chi connectivity index (χ2n) is 2.26.